The van der Waals surface area contributed by atoms with Crippen molar-refractivity contribution in [3.05, 3.63) is 0 Å². The van der Waals surface area contributed by atoms with Crippen molar-refractivity contribution in [3.8, 4) is 0 Å². The number of nitrogens with zero attached hydrogens (tertiary/aromatic N) is 2. The van der Waals surface area contributed by atoms with Crippen molar-refractivity contribution < 1.29 is 8.42 Å². The highest BCUT2D eigenvalue weighted by molar-refractivity contribution is 7.86. The van der Waals surface area contributed by atoms with Gasteiger partial charge in [0.2, 0.25) is 0 Å². The molecule has 0 spiro atoms. The zero-order chi connectivity index (χ0) is 12.1. The number of hydrogen-bond acceptors (Lipinski definition) is 3. The van der Waals surface area contributed by atoms with E-state index in [2.05, 4.69) is 0 Å². The zero-order valence-electron chi connectivity index (χ0n) is 10.1. The molecule has 0 atom stereocenters. The minimum Gasteiger partial charge on any atom is -0.329 e. The van der Waals surface area contributed by atoms with Crippen molar-refractivity contribution in [2.75, 3.05) is 26.7 Å². The second-order valence-corrected chi connectivity index (χ2v) is 5.79. The van der Waals surface area contributed by atoms with Gasteiger partial charge in [-0.25, -0.2) is 0 Å². The molecule has 15 heavy (non-hydrogen) atoms. The van der Waals surface area contributed by atoms with Crippen molar-refractivity contribution in [2.45, 2.75) is 33.2 Å². The first-order chi connectivity index (χ1) is 6.87. The summed E-state index contributed by atoms with van der Waals surface area (Å²) >= 11 is 0. The van der Waals surface area contributed by atoms with Crippen LogP contribution < -0.4 is 5.73 Å². The summed E-state index contributed by atoms with van der Waals surface area (Å²) in [5.41, 5.74) is 5.41. The standard InChI is InChI=1S/C9H23N3O2S/c1-5-7-12(8-6-10)15(13,14)11(4)9(2)3/h9H,5-8,10H2,1-4H3. The van der Waals surface area contributed by atoms with E-state index in [1.807, 2.05) is 20.8 Å². The molecule has 0 aromatic carbocycles. The van der Waals surface area contributed by atoms with Gasteiger partial charge in [-0.1, -0.05) is 6.92 Å². The zero-order valence-corrected chi connectivity index (χ0v) is 10.9. The topological polar surface area (TPSA) is 66.6 Å². The van der Waals surface area contributed by atoms with Crippen LogP contribution in [0.3, 0.4) is 0 Å². The van der Waals surface area contributed by atoms with Crippen LogP contribution in [0.5, 0.6) is 0 Å². The molecule has 92 valence electrons. The molecule has 0 heterocycles. The smallest absolute Gasteiger partial charge is 0.281 e. The molecular formula is C9H23N3O2S. The number of rotatable bonds is 7. The average molecular weight is 237 g/mol. The Morgan fingerprint density at radius 3 is 2.13 bits per heavy atom. The summed E-state index contributed by atoms with van der Waals surface area (Å²) in [5.74, 6) is 0. The van der Waals surface area contributed by atoms with Crippen molar-refractivity contribution >= 4 is 10.2 Å². The number of nitrogens with two attached hydrogens (primary N) is 1. The number of hydrogen-bond donors (Lipinski definition) is 1. The second-order valence-electron chi connectivity index (χ2n) is 3.81. The van der Waals surface area contributed by atoms with Gasteiger partial charge in [0, 0.05) is 32.7 Å². The second kappa shape index (κ2) is 6.42. The molecule has 6 heteroatoms. The van der Waals surface area contributed by atoms with Crippen LogP contribution in [0.1, 0.15) is 27.2 Å². The summed E-state index contributed by atoms with van der Waals surface area (Å²) in [6.07, 6.45) is 0.797. The Bertz CT molecular complexity index is 259. The molecule has 0 fully saturated rings. The monoisotopic (exact) mass is 237 g/mol. The maximum absolute atomic E-state index is 12.0. The van der Waals surface area contributed by atoms with E-state index in [0.29, 0.717) is 19.6 Å². The van der Waals surface area contributed by atoms with Crippen molar-refractivity contribution in [2.24, 2.45) is 5.73 Å². The molecule has 0 radical (unpaired) electrons. The van der Waals surface area contributed by atoms with Crippen LogP contribution in [0, 0.1) is 0 Å². The van der Waals surface area contributed by atoms with Crippen LogP contribution in [0.4, 0.5) is 0 Å². The Kier molecular flexibility index (Phi) is 6.35. The summed E-state index contributed by atoms with van der Waals surface area (Å²) < 4.78 is 26.9. The lowest BCUT2D eigenvalue weighted by atomic mass is 10.4. The van der Waals surface area contributed by atoms with Gasteiger partial charge in [0.05, 0.1) is 0 Å². The Hall–Kier alpha value is -0.170. The van der Waals surface area contributed by atoms with Gasteiger partial charge in [-0.15, -0.1) is 0 Å². The summed E-state index contributed by atoms with van der Waals surface area (Å²) in [6.45, 7) is 6.91. The maximum atomic E-state index is 12.0. The van der Waals surface area contributed by atoms with Crippen LogP contribution in [-0.2, 0) is 10.2 Å². The SMILES string of the molecule is CCCN(CCN)S(=O)(=O)N(C)C(C)C. The minimum atomic E-state index is -3.34. The third-order valence-corrected chi connectivity index (χ3v) is 4.44. The van der Waals surface area contributed by atoms with E-state index in [-0.39, 0.29) is 6.04 Å². The van der Waals surface area contributed by atoms with Gasteiger partial charge >= 0.3 is 0 Å². The first kappa shape index (κ1) is 14.8. The lowest BCUT2D eigenvalue weighted by Gasteiger charge is -2.29. The molecule has 0 aliphatic heterocycles. The molecule has 0 saturated heterocycles. The van der Waals surface area contributed by atoms with E-state index in [4.69, 9.17) is 5.73 Å². The average Bonchev–Trinajstić information content (AvgIpc) is 2.16. The van der Waals surface area contributed by atoms with E-state index in [0.717, 1.165) is 6.42 Å². The predicted molar refractivity (Wildman–Crippen MR) is 62.7 cm³/mol. The van der Waals surface area contributed by atoms with Gasteiger partial charge in [0.15, 0.2) is 0 Å². The van der Waals surface area contributed by atoms with Crippen LogP contribution in [-0.4, -0.2) is 49.8 Å². The van der Waals surface area contributed by atoms with Gasteiger partial charge in [0.25, 0.3) is 10.2 Å². The van der Waals surface area contributed by atoms with E-state index in [1.165, 1.54) is 8.61 Å². The van der Waals surface area contributed by atoms with Crippen molar-refractivity contribution in [1.82, 2.24) is 8.61 Å². The highest BCUT2D eigenvalue weighted by atomic mass is 32.2. The first-order valence-electron chi connectivity index (χ1n) is 5.31. The van der Waals surface area contributed by atoms with Gasteiger partial charge in [-0.05, 0) is 20.3 Å². The summed E-state index contributed by atoms with van der Waals surface area (Å²) in [4.78, 5) is 0. The normalized spacial score (nSPS) is 13.1. The van der Waals surface area contributed by atoms with E-state index < -0.39 is 10.2 Å². The molecule has 0 aliphatic carbocycles. The fourth-order valence-electron chi connectivity index (χ4n) is 1.18. The van der Waals surface area contributed by atoms with Gasteiger partial charge in [-0.2, -0.15) is 17.0 Å². The highest BCUT2D eigenvalue weighted by Crippen LogP contribution is 2.09. The molecule has 0 saturated carbocycles. The van der Waals surface area contributed by atoms with Gasteiger partial charge < -0.3 is 5.73 Å². The molecule has 5 nitrogen and oxygen atoms in total. The third kappa shape index (κ3) is 4.06. The minimum absolute atomic E-state index is 0.0351. The van der Waals surface area contributed by atoms with E-state index >= 15 is 0 Å². The highest BCUT2D eigenvalue weighted by Gasteiger charge is 2.27. The summed E-state index contributed by atoms with van der Waals surface area (Å²) in [5, 5.41) is 0. The molecule has 0 aromatic rings. The lowest BCUT2D eigenvalue weighted by molar-refractivity contribution is 0.337. The maximum Gasteiger partial charge on any atom is 0.281 e. The lowest BCUT2D eigenvalue weighted by Crippen LogP contribution is -2.46. The Morgan fingerprint density at radius 1 is 1.27 bits per heavy atom. The Balaban J connectivity index is 4.78. The largest absolute Gasteiger partial charge is 0.329 e. The van der Waals surface area contributed by atoms with Crippen LogP contribution in [0.2, 0.25) is 0 Å². The predicted octanol–water partition coefficient (Wildman–Crippen LogP) is 0.242. The van der Waals surface area contributed by atoms with Gasteiger partial charge in [0.1, 0.15) is 0 Å². The molecule has 0 aliphatic rings. The van der Waals surface area contributed by atoms with Crippen LogP contribution >= 0.6 is 0 Å². The first-order valence-corrected chi connectivity index (χ1v) is 6.70. The molecule has 0 rings (SSSR count). The third-order valence-electron chi connectivity index (χ3n) is 2.27. The van der Waals surface area contributed by atoms with E-state index in [9.17, 15) is 8.42 Å². The fraction of sp³-hybridized carbons (Fsp3) is 1.00. The van der Waals surface area contributed by atoms with E-state index in [1.54, 1.807) is 7.05 Å². The molecule has 2 N–H and O–H groups in total. The van der Waals surface area contributed by atoms with Crippen LogP contribution in [0.25, 0.3) is 0 Å². The molecular weight excluding hydrogens is 214 g/mol. The molecule has 0 aromatic heterocycles. The molecule has 0 unspecified atom stereocenters. The van der Waals surface area contributed by atoms with Gasteiger partial charge in [-0.3, -0.25) is 0 Å². The summed E-state index contributed by atoms with van der Waals surface area (Å²) in [6, 6.07) is -0.0351. The molecule has 0 bridgehead atoms. The quantitative estimate of drug-likeness (QED) is 0.690. The van der Waals surface area contributed by atoms with Crippen molar-refractivity contribution in [3.63, 3.8) is 0 Å². The Morgan fingerprint density at radius 2 is 1.80 bits per heavy atom. The fourth-order valence-corrected chi connectivity index (χ4v) is 2.83. The summed E-state index contributed by atoms with van der Waals surface area (Å²) in [7, 11) is -1.74. The van der Waals surface area contributed by atoms with Crippen molar-refractivity contribution in [1.29, 1.82) is 0 Å². The van der Waals surface area contributed by atoms with Crippen LogP contribution in [0.15, 0.2) is 0 Å². The Labute approximate surface area is 93.4 Å². The molecule has 0 amide bonds.